The Morgan fingerprint density at radius 1 is 1.22 bits per heavy atom. The molecule has 0 spiro atoms. The zero-order valence-corrected chi connectivity index (χ0v) is 10.6. The van der Waals surface area contributed by atoms with Gasteiger partial charge in [0.25, 0.3) is 0 Å². The highest BCUT2D eigenvalue weighted by molar-refractivity contribution is 7.09. The third-order valence-corrected chi connectivity index (χ3v) is 3.85. The third-order valence-electron chi connectivity index (χ3n) is 2.91. The fourth-order valence-electron chi connectivity index (χ4n) is 2.04. The number of nitrogens with one attached hydrogen (secondary N) is 1. The van der Waals surface area contributed by atoms with Crippen LogP contribution in [0.2, 0.25) is 0 Å². The van der Waals surface area contributed by atoms with Crippen molar-refractivity contribution in [2.75, 3.05) is 0 Å². The van der Waals surface area contributed by atoms with Gasteiger partial charge in [-0.1, -0.05) is 6.07 Å². The van der Waals surface area contributed by atoms with Gasteiger partial charge in [0, 0.05) is 11.3 Å². The Labute approximate surface area is 108 Å². The average molecular weight is 260 g/mol. The molecule has 92 valence electrons. The Kier molecular flexibility index (Phi) is 3.11. The number of nitrogens with zero attached hydrogens (tertiary/aromatic N) is 1. The van der Waals surface area contributed by atoms with Crippen LogP contribution in [-0.4, -0.2) is 9.97 Å². The molecule has 18 heavy (non-hydrogen) atoms. The SMILES string of the molecule is Fc1ccc2nc(CCCc3cccs3)[nH]c2c1. The first kappa shape index (κ1) is 11.4. The fourth-order valence-corrected chi connectivity index (χ4v) is 2.79. The molecular weight excluding hydrogens is 247 g/mol. The van der Waals surface area contributed by atoms with Crippen LogP contribution in [0.25, 0.3) is 11.0 Å². The van der Waals surface area contributed by atoms with Crippen LogP contribution in [0, 0.1) is 5.82 Å². The van der Waals surface area contributed by atoms with Crippen molar-refractivity contribution in [3.05, 3.63) is 52.2 Å². The first-order valence-corrected chi connectivity index (χ1v) is 6.86. The van der Waals surface area contributed by atoms with Gasteiger partial charge in [0.1, 0.15) is 11.6 Å². The highest BCUT2D eigenvalue weighted by Gasteiger charge is 2.04. The lowest BCUT2D eigenvalue weighted by Gasteiger charge is -1.95. The van der Waals surface area contributed by atoms with Crippen LogP contribution in [0.4, 0.5) is 4.39 Å². The molecule has 2 heterocycles. The Bertz CT molecular complexity index is 643. The number of H-pyrrole nitrogens is 1. The lowest BCUT2D eigenvalue weighted by Crippen LogP contribution is -1.90. The summed E-state index contributed by atoms with van der Waals surface area (Å²) in [4.78, 5) is 9.02. The minimum absolute atomic E-state index is 0.226. The Morgan fingerprint density at radius 2 is 2.17 bits per heavy atom. The Morgan fingerprint density at radius 3 is 3.00 bits per heavy atom. The second-order valence-corrected chi connectivity index (χ2v) is 5.31. The summed E-state index contributed by atoms with van der Waals surface area (Å²) in [5, 5.41) is 2.10. The molecule has 1 aromatic carbocycles. The molecule has 0 aliphatic rings. The molecule has 0 atom stereocenters. The number of rotatable bonds is 4. The number of aromatic amines is 1. The maximum Gasteiger partial charge on any atom is 0.125 e. The molecule has 3 rings (SSSR count). The van der Waals surface area contributed by atoms with E-state index in [1.54, 1.807) is 17.4 Å². The van der Waals surface area contributed by atoms with Crippen molar-refractivity contribution in [3.63, 3.8) is 0 Å². The highest BCUT2D eigenvalue weighted by atomic mass is 32.1. The lowest BCUT2D eigenvalue weighted by atomic mass is 10.2. The molecule has 0 amide bonds. The summed E-state index contributed by atoms with van der Waals surface area (Å²) in [6.45, 7) is 0. The van der Waals surface area contributed by atoms with Gasteiger partial charge >= 0.3 is 0 Å². The summed E-state index contributed by atoms with van der Waals surface area (Å²) >= 11 is 1.78. The molecule has 3 aromatic rings. The van der Waals surface area contributed by atoms with E-state index in [-0.39, 0.29) is 5.82 Å². The summed E-state index contributed by atoms with van der Waals surface area (Å²) in [6, 6.07) is 8.87. The summed E-state index contributed by atoms with van der Waals surface area (Å²) in [7, 11) is 0. The number of aromatic nitrogens is 2. The fraction of sp³-hybridized carbons (Fsp3) is 0.214. The van der Waals surface area contributed by atoms with Crippen LogP contribution < -0.4 is 0 Å². The van der Waals surface area contributed by atoms with Crippen molar-refractivity contribution in [3.8, 4) is 0 Å². The molecule has 0 radical (unpaired) electrons. The zero-order chi connectivity index (χ0) is 12.4. The van der Waals surface area contributed by atoms with E-state index in [1.165, 1.54) is 17.0 Å². The zero-order valence-electron chi connectivity index (χ0n) is 9.82. The van der Waals surface area contributed by atoms with Gasteiger partial charge in [-0.3, -0.25) is 0 Å². The second kappa shape index (κ2) is 4.90. The number of thiophene rings is 1. The molecule has 1 N–H and O–H groups in total. The van der Waals surface area contributed by atoms with Crippen LogP contribution in [0.1, 0.15) is 17.1 Å². The summed E-state index contributed by atoms with van der Waals surface area (Å²) in [6.07, 6.45) is 3.03. The monoisotopic (exact) mass is 260 g/mol. The summed E-state index contributed by atoms with van der Waals surface area (Å²) in [5.41, 5.74) is 1.61. The molecule has 0 fully saturated rings. The van der Waals surface area contributed by atoms with Gasteiger partial charge in [0.15, 0.2) is 0 Å². The van der Waals surface area contributed by atoms with E-state index in [4.69, 9.17) is 0 Å². The Balaban J connectivity index is 1.67. The van der Waals surface area contributed by atoms with Gasteiger partial charge in [-0.25, -0.2) is 9.37 Å². The predicted molar refractivity (Wildman–Crippen MR) is 72.4 cm³/mol. The molecule has 0 aliphatic carbocycles. The number of aryl methyl sites for hydroxylation is 2. The second-order valence-electron chi connectivity index (χ2n) is 4.28. The predicted octanol–water partition coefficient (Wildman–Crippen LogP) is 3.94. The highest BCUT2D eigenvalue weighted by Crippen LogP contribution is 2.15. The van der Waals surface area contributed by atoms with Crippen molar-refractivity contribution in [2.45, 2.75) is 19.3 Å². The van der Waals surface area contributed by atoms with Gasteiger partial charge in [-0.15, -0.1) is 11.3 Å². The van der Waals surface area contributed by atoms with E-state index in [0.29, 0.717) is 0 Å². The summed E-state index contributed by atoms with van der Waals surface area (Å²) < 4.78 is 13.0. The van der Waals surface area contributed by atoms with Crippen molar-refractivity contribution in [1.29, 1.82) is 0 Å². The van der Waals surface area contributed by atoms with Crippen LogP contribution in [-0.2, 0) is 12.8 Å². The normalized spacial score (nSPS) is 11.2. The van der Waals surface area contributed by atoms with Crippen molar-refractivity contribution in [2.24, 2.45) is 0 Å². The van der Waals surface area contributed by atoms with Gasteiger partial charge < -0.3 is 4.98 Å². The number of halogens is 1. The van der Waals surface area contributed by atoms with E-state index >= 15 is 0 Å². The number of imidazole rings is 1. The van der Waals surface area contributed by atoms with E-state index < -0.39 is 0 Å². The lowest BCUT2D eigenvalue weighted by molar-refractivity contribution is 0.629. The van der Waals surface area contributed by atoms with Gasteiger partial charge in [0.2, 0.25) is 0 Å². The van der Waals surface area contributed by atoms with Crippen LogP contribution in [0.5, 0.6) is 0 Å². The first-order chi connectivity index (χ1) is 8.81. The molecule has 0 unspecified atom stereocenters. The number of fused-ring (bicyclic) bond motifs is 1. The van der Waals surface area contributed by atoms with E-state index in [0.717, 1.165) is 36.1 Å². The molecular formula is C14H13FN2S. The molecule has 0 saturated heterocycles. The minimum atomic E-state index is -0.226. The molecule has 0 aliphatic heterocycles. The van der Waals surface area contributed by atoms with Crippen LogP contribution >= 0.6 is 11.3 Å². The quantitative estimate of drug-likeness (QED) is 0.756. The molecule has 4 heteroatoms. The van der Waals surface area contributed by atoms with Crippen molar-refractivity contribution < 1.29 is 4.39 Å². The first-order valence-electron chi connectivity index (χ1n) is 5.98. The maximum atomic E-state index is 13.0. The Hall–Kier alpha value is -1.68. The number of benzene rings is 1. The van der Waals surface area contributed by atoms with Crippen molar-refractivity contribution in [1.82, 2.24) is 9.97 Å². The van der Waals surface area contributed by atoms with Crippen LogP contribution in [0.3, 0.4) is 0 Å². The number of hydrogen-bond donors (Lipinski definition) is 1. The maximum absolute atomic E-state index is 13.0. The van der Waals surface area contributed by atoms with Gasteiger partial charge in [-0.2, -0.15) is 0 Å². The smallest absolute Gasteiger partial charge is 0.125 e. The van der Waals surface area contributed by atoms with Gasteiger partial charge in [0.05, 0.1) is 11.0 Å². The minimum Gasteiger partial charge on any atom is -0.342 e. The molecule has 2 nitrogen and oxygen atoms in total. The number of hydrogen-bond acceptors (Lipinski definition) is 2. The van der Waals surface area contributed by atoms with Crippen molar-refractivity contribution >= 4 is 22.4 Å². The van der Waals surface area contributed by atoms with Gasteiger partial charge in [-0.05, 0) is 42.5 Å². The topological polar surface area (TPSA) is 28.7 Å². The molecule has 0 bridgehead atoms. The largest absolute Gasteiger partial charge is 0.342 e. The van der Waals surface area contributed by atoms with E-state index in [2.05, 4.69) is 27.5 Å². The van der Waals surface area contributed by atoms with E-state index in [1.807, 2.05) is 0 Å². The molecule has 2 aromatic heterocycles. The summed E-state index contributed by atoms with van der Waals surface area (Å²) in [5.74, 6) is 0.712. The van der Waals surface area contributed by atoms with E-state index in [9.17, 15) is 4.39 Å². The molecule has 0 saturated carbocycles. The third kappa shape index (κ3) is 2.43. The van der Waals surface area contributed by atoms with Crippen LogP contribution in [0.15, 0.2) is 35.7 Å². The average Bonchev–Trinajstić information content (AvgIpc) is 2.97. The standard InChI is InChI=1S/C14H13FN2S/c15-10-6-7-12-13(9-10)17-14(16-12)5-1-3-11-4-2-8-18-11/h2,4,6-9H,1,3,5H2,(H,16,17).